The van der Waals surface area contributed by atoms with Crippen molar-refractivity contribution in [2.24, 2.45) is 0 Å². The van der Waals surface area contributed by atoms with E-state index in [4.69, 9.17) is 11.6 Å². The van der Waals surface area contributed by atoms with Gasteiger partial charge in [0.25, 0.3) is 0 Å². The van der Waals surface area contributed by atoms with Crippen molar-refractivity contribution < 1.29 is 0 Å². The molecule has 96 valence electrons. The molecule has 0 unspecified atom stereocenters. The van der Waals surface area contributed by atoms with Crippen LogP contribution in [0.2, 0.25) is 0 Å². The maximum absolute atomic E-state index is 5.88. The molecule has 1 rings (SSSR count). The van der Waals surface area contributed by atoms with Crippen LogP contribution >= 0.6 is 27.5 Å². The van der Waals surface area contributed by atoms with Crippen LogP contribution in [0.4, 0.5) is 0 Å². The van der Waals surface area contributed by atoms with E-state index in [-0.39, 0.29) is 0 Å². The summed E-state index contributed by atoms with van der Waals surface area (Å²) in [4.78, 5) is 6.84. The van der Waals surface area contributed by atoms with Crippen molar-refractivity contribution in [1.82, 2.24) is 9.88 Å². The van der Waals surface area contributed by atoms with Crippen molar-refractivity contribution in [2.45, 2.75) is 39.3 Å². The zero-order valence-electron chi connectivity index (χ0n) is 10.5. The lowest BCUT2D eigenvalue weighted by Gasteiger charge is -2.29. The fraction of sp³-hybridized carbons (Fsp3) is 0.615. The third-order valence-electron chi connectivity index (χ3n) is 2.98. The summed E-state index contributed by atoms with van der Waals surface area (Å²) in [5, 5.41) is 0. The fourth-order valence-corrected chi connectivity index (χ4v) is 2.46. The van der Waals surface area contributed by atoms with Gasteiger partial charge < -0.3 is 0 Å². The second kappa shape index (κ2) is 8.06. The lowest BCUT2D eigenvalue weighted by atomic mass is 10.1. The van der Waals surface area contributed by atoms with Crippen molar-refractivity contribution in [3.8, 4) is 0 Å². The second-order valence-electron chi connectivity index (χ2n) is 4.10. The van der Waals surface area contributed by atoms with Gasteiger partial charge in [0.2, 0.25) is 0 Å². The highest BCUT2D eigenvalue weighted by molar-refractivity contribution is 9.10. The number of hydrogen-bond donors (Lipinski definition) is 0. The van der Waals surface area contributed by atoms with Gasteiger partial charge in [-0.15, -0.1) is 11.6 Å². The van der Waals surface area contributed by atoms with Crippen molar-refractivity contribution in [3.05, 3.63) is 28.5 Å². The number of pyridine rings is 1. The Bertz CT molecular complexity index is 312. The average Bonchev–Trinajstić information content (AvgIpc) is 2.34. The van der Waals surface area contributed by atoms with E-state index in [0.29, 0.717) is 11.9 Å². The molecule has 0 bridgehead atoms. The van der Waals surface area contributed by atoms with Crippen molar-refractivity contribution in [2.75, 3.05) is 12.4 Å². The van der Waals surface area contributed by atoms with Crippen LogP contribution in [-0.4, -0.2) is 28.4 Å². The number of rotatable bonds is 7. The van der Waals surface area contributed by atoms with Crippen LogP contribution in [0.3, 0.4) is 0 Å². The molecule has 0 fully saturated rings. The first kappa shape index (κ1) is 14.9. The largest absolute Gasteiger partial charge is 0.293 e. The van der Waals surface area contributed by atoms with E-state index >= 15 is 0 Å². The maximum atomic E-state index is 5.88. The Labute approximate surface area is 118 Å². The molecule has 0 radical (unpaired) electrons. The normalized spacial score (nSPS) is 11.4. The zero-order chi connectivity index (χ0) is 12.7. The summed E-state index contributed by atoms with van der Waals surface area (Å²) in [7, 11) is 0. The van der Waals surface area contributed by atoms with E-state index in [2.05, 4.69) is 45.7 Å². The minimum absolute atomic E-state index is 0.596. The molecule has 0 saturated carbocycles. The smallest absolute Gasteiger partial charge is 0.0544 e. The van der Waals surface area contributed by atoms with Gasteiger partial charge in [-0.05, 0) is 40.9 Å². The molecule has 0 aliphatic heterocycles. The predicted octanol–water partition coefficient (Wildman–Crippen LogP) is 4.07. The summed E-state index contributed by atoms with van der Waals surface area (Å²) in [6.07, 6.45) is 4.16. The van der Waals surface area contributed by atoms with E-state index < -0.39 is 0 Å². The monoisotopic (exact) mass is 318 g/mol. The minimum Gasteiger partial charge on any atom is -0.293 e. The van der Waals surface area contributed by atoms with Crippen LogP contribution in [-0.2, 0) is 6.54 Å². The third-order valence-corrected chi connectivity index (χ3v) is 3.62. The molecule has 0 aliphatic rings. The molecule has 0 aromatic carbocycles. The molecule has 1 aromatic heterocycles. The van der Waals surface area contributed by atoms with Gasteiger partial charge in [-0.2, -0.15) is 0 Å². The number of aromatic nitrogens is 1. The van der Waals surface area contributed by atoms with E-state index in [1.165, 1.54) is 0 Å². The Morgan fingerprint density at radius 2 is 2.06 bits per heavy atom. The lowest BCUT2D eigenvalue weighted by Crippen LogP contribution is -2.35. The number of hydrogen-bond acceptors (Lipinski definition) is 2. The van der Waals surface area contributed by atoms with Crippen LogP contribution in [0.25, 0.3) is 0 Å². The summed E-state index contributed by atoms with van der Waals surface area (Å²) < 4.78 is 1.02. The maximum Gasteiger partial charge on any atom is 0.0544 e. The summed E-state index contributed by atoms with van der Waals surface area (Å²) in [6.45, 7) is 6.26. The quantitative estimate of drug-likeness (QED) is 0.704. The van der Waals surface area contributed by atoms with Crippen LogP contribution in [0.15, 0.2) is 22.8 Å². The van der Waals surface area contributed by atoms with Crippen molar-refractivity contribution in [1.29, 1.82) is 0 Å². The summed E-state index contributed by atoms with van der Waals surface area (Å²) >= 11 is 9.28. The van der Waals surface area contributed by atoms with Crippen LogP contribution in [0.1, 0.15) is 32.4 Å². The van der Waals surface area contributed by atoms with Crippen molar-refractivity contribution >= 4 is 27.5 Å². The first-order valence-corrected chi connectivity index (χ1v) is 7.44. The van der Waals surface area contributed by atoms with Gasteiger partial charge >= 0.3 is 0 Å². The Balaban J connectivity index is 2.68. The SMILES string of the molecule is CCC(CC)N(CCCl)Cc1ccc(Br)cn1. The topological polar surface area (TPSA) is 16.1 Å². The Kier molecular flexibility index (Phi) is 7.09. The fourth-order valence-electron chi connectivity index (χ4n) is 2.01. The molecule has 2 nitrogen and oxygen atoms in total. The van der Waals surface area contributed by atoms with Gasteiger partial charge in [0.05, 0.1) is 5.69 Å². The van der Waals surface area contributed by atoms with Crippen LogP contribution in [0, 0.1) is 0 Å². The summed E-state index contributed by atoms with van der Waals surface area (Å²) in [5.74, 6) is 0.674. The molecular formula is C13H20BrClN2. The molecule has 0 spiro atoms. The molecule has 4 heteroatoms. The van der Waals surface area contributed by atoms with E-state index in [9.17, 15) is 0 Å². The standard InChI is InChI=1S/C13H20BrClN2/c1-3-13(4-2)17(8-7-15)10-12-6-5-11(14)9-16-12/h5-6,9,13H,3-4,7-8,10H2,1-2H3. The first-order chi connectivity index (χ1) is 8.21. The highest BCUT2D eigenvalue weighted by Gasteiger charge is 2.15. The number of nitrogens with zero attached hydrogens (tertiary/aromatic N) is 2. The summed E-state index contributed by atoms with van der Waals surface area (Å²) in [6, 6.07) is 4.70. The van der Waals surface area contributed by atoms with Gasteiger partial charge in [-0.25, -0.2) is 0 Å². The minimum atomic E-state index is 0.596. The Morgan fingerprint density at radius 3 is 2.53 bits per heavy atom. The molecule has 1 aromatic rings. The molecule has 0 aliphatic carbocycles. The average molecular weight is 320 g/mol. The second-order valence-corrected chi connectivity index (χ2v) is 5.39. The molecule has 0 N–H and O–H groups in total. The van der Waals surface area contributed by atoms with Gasteiger partial charge in [0.15, 0.2) is 0 Å². The predicted molar refractivity (Wildman–Crippen MR) is 77.4 cm³/mol. The first-order valence-electron chi connectivity index (χ1n) is 6.11. The van der Waals surface area contributed by atoms with Crippen molar-refractivity contribution in [3.63, 3.8) is 0 Å². The molecule has 0 amide bonds. The summed E-state index contributed by atoms with van der Waals surface area (Å²) in [5.41, 5.74) is 1.10. The molecule has 0 saturated heterocycles. The van der Waals surface area contributed by atoms with Gasteiger partial charge in [0, 0.05) is 35.7 Å². The zero-order valence-corrected chi connectivity index (χ0v) is 12.8. The highest BCUT2D eigenvalue weighted by Crippen LogP contribution is 2.14. The Hall–Kier alpha value is -0.120. The number of alkyl halides is 1. The van der Waals surface area contributed by atoms with Crippen LogP contribution < -0.4 is 0 Å². The number of halogens is 2. The molecule has 1 heterocycles. The molecule has 0 atom stereocenters. The third kappa shape index (κ3) is 4.94. The highest BCUT2D eigenvalue weighted by atomic mass is 79.9. The Morgan fingerprint density at radius 1 is 1.35 bits per heavy atom. The van der Waals surface area contributed by atoms with Gasteiger partial charge in [-0.1, -0.05) is 13.8 Å². The molecular weight excluding hydrogens is 300 g/mol. The van der Waals surface area contributed by atoms with E-state index in [1.807, 2.05) is 12.3 Å². The van der Waals surface area contributed by atoms with Gasteiger partial charge in [-0.3, -0.25) is 9.88 Å². The van der Waals surface area contributed by atoms with E-state index in [0.717, 1.165) is 36.1 Å². The van der Waals surface area contributed by atoms with Gasteiger partial charge in [0.1, 0.15) is 0 Å². The van der Waals surface area contributed by atoms with Crippen LogP contribution in [0.5, 0.6) is 0 Å². The lowest BCUT2D eigenvalue weighted by molar-refractivity contribution is 0.186. The molecule has 17 heavy (non-hydrogen) atoms. The van der Waals surface area contributed by atoms with E-state index in [1.54, 1.807) is 0 Å².